The van der Waals surface area contributed by atoms with Gasteiger partial charge in [0.2, 0.25) is 5.95 Å². The fraction of sp³-hybridized carbons (Fsp3) is 0.552. The minimum absolute atomic E-state index is 0.0342. The summed E-state index contributed by atoms with van der Waals surface area (Å²) in [6.07, 6.45) is 10.8. The quantitative estimate of drug-likeness (QED) is 0.394. The maximum atomic E-state index is 13.4. The van der Waals surface area contributed by atoms with Crippen molar-refractivity contribution < 1.29 is 9.90 Å². The van der Waals surface area contributed by atoms with Crippen LogP contribution in [0.15, 0.2) is 29.3 Å². The Hall–Kier alpha value is -3.21. The summed E-state index contributed by atoms with van der Waals surface area (Å²) in [4.78, 5) is 41.8. The second-order valence-electron chi connectivity index (χ2n) is 11.5. The molecule has 0 bridgehead atoms. The molecule has 10 nitrogen and oxygen atoms in total. The maximum Gasteiger partial charge on any atom is 0.263 e. The molecule has 0 unspecified atom stereocenters. The standard InChI is InChI=1S/C29H37N7O3/c1-18-22-14-32-28(34-26(22)36(21-7-3-4-8-21)27(38)25(18)19(2)37)33-24-11-10-20(13-31-24)15-35-16-29(39,17-35)23-9-5-6-12-30-23/h10-11,13-14,21,23,30,39H,3-9,12,15-17H2,1-2H3,(H,31,32,33,34)/t23-/m0/s1. The molecule has 206 valence electrons. The van der Waals surface area contributed by atoms with Crippen molar-refractivity contribution in [2.45, 2.75) is 83.0 Å². The Morgan fingerprint density at radius 2 is 1.90 bits per heavy atom. The average molecular weight is 532 g/mol. The molecule has 0 radical (unpaired) electrons. The molecule has 3 aromatic rings. The molecule has 2 saturated heterocycles. The van der Waals surface area contributed by atoms with Gasteiger partial charge < -0.3 is 15.7 Å². The molecule has 3 N–H and O–H groups in total. The molecule has 3 aromatic heterocycles. The first-order valence-electron chi connectivity index (χ1n) is 14.2. The predicted octanol–water partition coefficient (Wildman–Crippen LogP) is 3.25. The van der Waals surface area contributed by atoms with Gasteiger partial charge in [0.15, 0.2) is 5.78 Å². The summed E-state index contributed by atoms with van der Waals surface area (Å²) >= 11 is 0. The normalized spacial score (nSPS) is 21.7. The number of anilines is 2. The summed E-state index contributed by atoms with van der Waals surface area (Å²) < 4.78 is 1.71. The Kier molecular flexibility index (Phi) is 6.95. The van der Waals surface area contributed by atoms with Crippen LogP contribution in [0, 0.1) is 6.92 Å². The summed E-state index contributed by atoms with van der Waals surface area (Å²) in [5.74, 6) is 0.735. The predicted molar refractivity (Wildman–Crippen MR) is 149 cm³/mol. The van der Waals surface area contributed by atoms with Crippen molar-refractivity contribution in [3.63, 3.8) is 0 Å². The molecule has 1 saturated carbocycles. The average Bonchev–Trinajstić information content (AvgIpc) is 3.43. The van der Waals surface area contributed by atoms with Crippen molar-refractivity contribution in [3.8, 4) is 0 Å². The lowest BCUT2D eigenvalue weighted by Crippen LogP contribution is -2.70. The van der Waals surface area contributed by atoms with E-state index in [9.17, 15) is 14.7 Å². The highest BCUT2D eigenvalue weighted by atomic mass is 16.3. The highest BCUT2D eigenvalue weighted by molar-refractivity contribution is 5.99. The number of β-amino-alcohol motifs (C(OH)–C–C–N with tert-alkyl or cyclic N) is 1. The number of likely N-dealkylation sites (tertiary alicyclic amines) is 1. The van der Waals surface area contributed by atoms with Crippen LogP contribution < -0.4 is 16.2 Å². The van der Waals surface area contributed by atoms with Crippen LogP contribution in [0.5, 0.6) is 0 Å². The number of pyridine rings is 2. The molecule has 5 heterocycles. The Morgan fingerprint density at radius 1 is 1.13 bits per heavy atom. The molecule has 0 amide bonds. The van der Waals surface area contributed by atoms with Gasteiger partial charge in [-0.1, -0.05) is 25.3 Å². The zero-order chi connectivity index (χ0) is 27.1. The van der Waals surface area contributed by atoms with E-state index in [1.165, 1.54) is 19.8 Å². The van der Waals surface area contributed by atoms with Crippen molar-refractivity contribution >= 4 is 28.6 Å². The first-order chi connectivity index (χ1) is 18.8. The van der Waals surface area contributed by atoms with Gasteiger partial charge in [0.1, 0.15) is 17.1 Å². The van der Waals surface area contributed by atoms with E-state index in [-0.39, 0.29) is 29.0 Å². The SMILES string of the molecule is CC(=O)c1c(C)c2cnc(Nc3ccc(CN4CC(O)([C@@H]5CCCCN5)C4)cn3)nc2n(C2CCCC2)c1=O. The molecule has 0 aromatic carbocycles. The first-order valence-corrected chi connectivity index (χ1v) is 14.2. The third-order valence-electron chi connectivity index (χ3n) is 8.67. The summed E-state index contributed by atoms with van der Waals surface area (Å²) in [5.41, 5.74) is 1.59. The lowest BCUT2D eigenvalue weighted by atomic mass is 9.81. The minimum atomic E-state index is -0.633. The Bertz CT molecular complexity index is 1430. The van der Waals surface area contributed by atoms with Crippen molar-refractivity contribution in [3.05, 3.63) is 51.6 Å². The lowest BCUT2D eigenvalue weighted by Gasteiger charge is -2.52. The number of piperidine rings is 1. The van der Waals surface area contributed by atoms with E-state index in [0.29, 0.717) is 36.1 Å². The summed E-state index contributed by atoms with van der Waals surface area (Å²) in [6, 6.07) is 4.14. The molecule has 2 aliphatic heterocycles. The van der Waals surface area contributed by atoms with E-state index in [4.69, 9.17) is 4.98 Å². The molecule has 3 fully saturated rings. The van der Waals surface area contributed by atoms with Crippen molar-refractivity contribution in [2.75, 3.05) is 25.0 Å². The second-order valence-corrected chi connectivity index (χ2v) is 11.5. The number of nitrogens with one attached hydrogen (secondary N) is 2. The number of rotatable bonds is 7. The number of nitrogens with zero attached hydrogens (tertiary/aromatic N) is 5. The van der Waals surface area contributed by atoms with Crippen LogP contribution in [0.25, 0.3) is 11.0 Å². The van der Waals surface area contributed by atoms with Crippen LogP contribution in [0.1, 0.15) is 79.4 Å². The maximum absolute atomic E-state index is 13.4. The Morgan fingerprint density at radius 3 is 2.56 bits per heavy atom. The lowest BCUT2D eigenvalue weighted by molar-refractivity contribution is -0.128. The number of carbonyl (C=O) groups is 1. The number of aliphatic hydroxyl groups is 1. The topological polar surface area (TPSA) is 125 Å². The van der Waals surface area contributed by atoms with Crippen LogP contribution in [-0.4, -0.2) is 66.6 Å². The summed E-state index contributed by atoms with van der Waals surface area (Å²) in [5, 5.41) is 18.3. The van der Waals surface area contributed by atoms with Gasteiger partial charge in [0.05, 0.1) is 5.56 Å². The van der Waals surface area contributed by atoms with Crippen molar-refractivity contribution in [2.24, 2.45) is 0 Å². The molecule has 1 aliphatic carbocycles. The number of fused-ring (bicyclic) bond motifs is 1. The summed E-state index contributed by atoms with van der Waals surface area (Å²) in [6.45, 7) is 6.30. The summed E-state index contributed by atoms with van der Waals surface area (Å²) in [7, 11) is 0. The van der Waals surface area contributed by atoms with E-state index >= 15 is 0 Å². The number of aromatic nitrogens is 4. The zero-order valence-corrected chi connectivity index (χ0v) is 22.7. The van der Waals surface area contributed by atoms with E-state index in [1.807, 2.05) is 18.3 Å². The number of hydrogen-bond donors (Lipinski definition) is 3. The van der Waals surface area contributed by atoms with Gasteiger partial charge in [-0.15, -0.1) is 0 Å². The monoisotopic (exact) mass is 531 g/mol. The smallest absolute Gasteiger partial charge is 0.263 e. The van der Waals surface area contributed by atoms with Crippen LogP contribution in [-0.2, 0) is 6.54 Å². The molecule has 0 spiro atoms. The van der Waals surface area contributed by atoms with Crippen LogP contribution in [0.4, 0.5) is 11.8 Å². The third-order valence-corrected chi connectivity index (χ3v) is 8.67. The Labute approximate surface area is 227 Å². The van der Waals surface area contributed by atoms with Crippen LogP contribution >= 0.6 is 0 Å². The number of carbonyl (C=O) groups excluding carboxylic acids is 1. The van der Waals surface area contributed by atoms with Gasteiger partial charge >= 0.3 is 0 Å². The van der Waals surface area contributed by atoms with Crippen molar-refractivity contribution in [1.29, 1.82) is 0 Å². The molecule has 6 rings (SSSR count). The number of ketones is 1. The van der Waals surface area contributed by atoms with Gasteiger partial charge in [-0.2, -0.15) is 4.98 Å². The molecule has 1 atom stereocenters. The number of Topliss-reactive ketones (excluding diaryl/α,β-unsaturated/α-hetero) is 1. The fourth-order valence-corrected chi connectivity index (χ4v) is 6.64. The van der Waals surface area contributed by atoms with E-state index in [2.05, 4.69) is 25.5 Å². The van der Waals surface area contributed by atoms with Crippen LogP contribution in [0.3, 0.4) is 0 Å². The molecular formula is C29H37N7O3. The first kappa shape index (κ1) is 26.0. The minimum Gasteiger partial charge on any atom is -0.386 e. The van der Waals surface area contributed by atoms with E-state index < -0.39 is 5.60 Å². The van der Waals surface area contributed by atoms with Crippen LogP contribution in [0.2, 0.25) is 0 Å². The van der Waals surface area contributed by atoms with Gasteiger partial charge in [-0.05, 0) is 63.3 Å². The van der Waals surface area contributed by atoms with Crippen molar-refractivity contribution in [1.82, 2.24) is 29.7 Å². The zero-order valence-electron chi connectivity index (χ0n) is 22.7. The molecule has 39 heavy (non-hydrogen) atoms. The highest BCUT2D eigenvalue weighted by Crippen LogP contribution is 2.32. The molecule has 3 aliphatic rings. The molecule has 10 heteroatoms. The van der Waals surface area contributed by atoms with E-state index in [1.54, 1.807) is 17.7 Å². The third kappa shape index (κ3) is 4.97. The number of aryl methyl sites for hydroxylation is 1. The van der Waals surface area contributed by atoms with Gasteiger partial charge in [-0.3, -0.25) is 19.1 Å². The Balaban J connectivity index is 1.18. The largest absolute Gasteiger partial charge is 0.386 e. The van der Waals surface area contributed by atoms with Gasteiger partial charge in [-0.25, -0.2) is 9.97 Å². The second kappa shape index (κ2) is 10.4. The molecular weight excluding hydrogens is 494 g/mol. The van der Waals surface area contributed by atoms with Gasteiger partial charge in [0.25, 0.3) is 5.56 Å². The number of hydrogen-bond acceptors (Lipinski definition) is 9. The van der Waals surface area contributed by atoms with Gasteiger partial charge in [0, 0.05) is 49.5 Å². The van der Waals surface area contributed by atoms with E-state index in [0.717, 1.165) is 56.1 Å². The highest BCUT2D eigenvalue weighted by Gasteiger charge is 2.47. The fourth-order valence-electron chi connectivity index (χ4n) is 6.64.